The van der Waals surface area contributed by atoms with E-state index in [0.29, 0.717) is 12.8 Å². The molecule has 7 atom stereocenters. The number of hydrogen-bond donors (Lipinski definition) is 3. The second-order valence-corrected chi connectivity index (χ2v) is 7.55. The molecule has 4 fully saturated rings. The highest BCUT2D eigenvalue weighted by Gasteiger charge is 2.85. The number of rotatable bonds is 0. The molecule has 0 amide bonds. The minimum atomic E-state index is -2.08. The number of aliphatic hydroxyl groups excluding tert-OH is 1. The van der Waals surface area contributed by atoms with Crippen LogP contribution in [0, 0.1) is 16.7 Å². The van der Waals surface area contributed by atoms with Gasteiger partial charge in [0.05, 0.1) is 11.0 Å². The van der Waals surface area contributed by atoms with Crippen LogP contribution in [0.15, 0.2) is 0 Å². The number of carbonyl (C=O) groups is 2. The molecule has 4 aliphatic rings. The molecule has 3 N–H and O–H groups in total. The van der Waals surface area contributed by atoms with Crippen LogP contribution in [0.4, 0.5) is 0 Å². The molecule has 2 saturated carbocycles. The van der Waals surface area contributed by atoms with Crippen LogP contribution < -0.4 is 0 Å². The number of esters is 2. The predicted octanol–water partition coefficient (Wildman–Crippen LogP) is -0.882. The minimum absolute atomic E-state index is 0.0543. The van der Waals surface area contributed by atoms with E-state index in [-0.39, 0.29) is 18.9 Å². The fourth-order valence-electron chi connectivity index (χ4n) is 5.66. The number of carbonyl (C=O) groups excluding carboxylic acids is 2. The molecule has 2 saturated heterocycles. The average molecular weight is 312 g/mol. The van der Waals surface area contributed by atoms with E-state index in [0.717, 1.165) is 0 Å². The Morgan fingerprint density at radius 3 is 2.64 bits per heavy atom. The summed E-state index contributed by atoms with van der Waals surface area (Å²) < 4.78 is 10.2. The lowest BCUT2D eigenvalue weighted by Crippen LogP contribution is -2.80. The maximum absolute atomic E-state index is 12.2. The Morgan fingerprint density at radius 2 is 1.95 bits per heavy atom. The van der Waals surface area contributed by atoms with Gasteiger partial charge in [0.1, 0.15) is 12.7 Å². The van der Waals surface area contributed by atoms with Gasteiger partial charge in [-0.25, -0.2) is 9.59 Å². The van der Waals surface area contributed by atoms with Gasteiger partial charge in [0.15, 0.2) is 6.10 Å². The number of aliphatic hydroxyl groups is 3. The lowest BCUT2D eigenvalue weighted by atomic mass is 9.44. The second-order valence-electron chi connectivity index (χ2n) is 7.55. The van der Waals surface area contributed by atoms with Gasteiger partial charge in [-0.05, 0) is 32.1 Å². The second kappa shape index (κ2) is 3.66. The SMILES string of the molecule is C[C@@H]1CC[C@@]2(O)[C@]13C[C@@H](OC(=O)[C@@H]3O)[C@@]1(O)C(=O)OC[C@@]21C. The first kappa shape index (κ1) is 14.4. The van der Waals surface area contributed by atoms with Crippen LogP contribution in [0.2, 0.25) is 0 Å². The van der Waals surface area contributed by atoms with Crippen molar-refractivity contribution in [3.05, 3.63) is 0 Å². The van der Waals surface area contributed by atoms with Crippen molar-refractivity contribution >= 4 is 11.9 Å². The minimum Gasteiger partial charge on any atom is -0.463 e. The normalized spacial score (nSPS) is 59.6. The molecule has 0 radical (unpaired) electrons. The Kier molecular flexibility index (Phi) is 2.40. The van der Waals surface area contributed by atoms with Gasteiger partial charge in [-0.1, -0.05) is 6.92 Å². The van der Waals surface area contributed by atoms with E-state index in [4.69, 9.17) is 9.47 Å². The fourth-order valence-corrected chi connectivity index (χ4v) is 5.66. The molecule has 4 rings (SSSR count). The van der Waals surface area contributed by atoms with Gasteiger partial charge in [-0.3, -0.25) is 0 Å². The molecule has 2 aliphatic heterocycles. The van der Waals surface area contributed by atoms with Crippen molar-refractivity contribution in [2.75, 3.05) is 6.61 Å². The monoisotopic (exact) mass is 312 g/mol. The first-order valence-corrected chi connectivity index (χ1v) is 7.66. The molecule has 0 aromatic heterocycles. The molecule has 0 aromatic rings. The summed E-state index contributed by atoms with van der Waals surface area (Å²) in [6.45, 7) is 3.30. The standard InChI is InChI=1S/C15H20O7/c1-7-3-4-14(19)12(2)6-21-11(18)15(12,20)8-5-13(7,14)9(16)10(17)22-8/h7-9,16,19-20H,3-6H2,1-2H3/t7-,8-,9+,12+,13-,14+,15-/m1/s1. The Balaban J connectivity index is 2.01. The zero-order valence-corrected chi connectivity index (χ0v) is 12.5. The van der Waals surface area contributed by atoms with Gasteiger partial charge in [-0.2, -0.15) is 0 Å². The van der Waals surface area contributed by atoms with Crippen molar-refractivity contribution in [3.63, 3.8) is 0 Å². The van der Waals surface area contributed by atoms with Gasteiger partial charge < -0.3 is 24.8 Å². The van der Waals surface area contributed by atoms with Crippen LogP contribution >= 0.6 is 0 Å². The highest BCUT2D eigenvalue weighted by Crippen LogP contribution is 2.71. The van der Waals surface area contributed by atoms with E-state index >= 15 is 0 Å². The van der Waals surface area contributed by atoms with E-state index in [1.54, 1.807) is 6.92 Å². The summed E-state index contributed by atoms with van der Waals surface area (Å²) in [5.41, 5.74) is -6.10. The van der Waals surface area contributed by atoms with Gasteiger partial charge in [0.25, 0.3) is 0 Å². The van der Waals surface area contributed by atoms with Crippen LogP contribution in [-0.2, 0) is 19.1 Å². The van der Waals surface area contributed by atoms with E-state index in [1.165, 1.54) is 0 Å². The first-order chi connectivity index (χ1) is 10.1. The van der Waals surface area contributed by atoms with E-state index in [1.807, 2.05) is 6.92 Å². The number of fused-ring (bicyclic) bond motifs is 4. The molecule has 0 aromatic carbocycles. The van der Waals surface area contributed by atoms with Gasteiger partial charge in [-0.15, -0.1) is 0 Å². The zero-order valence-electron chi connectivity index (χ0n) is 12.5. The topological polar surface area (TPSA) is 113 Å². The zero-order chi connectivity index (χ0) is 16.1. The summed E-state index contributed by atoms with van der Waals surface area (Å²) in [5.74, 6) is -1.90. The van der Waals surface area contributed by atoms with Crippen LogP contribution in [0.5, 0.6) is 0 Å². The number of hydrogen-bond acceptors (Lipinski definition) is 7. The van der Waals surface area contributed by atoms with Crippen molar-refractivity contribution in [2.24, 2.45) is 16.7 Å². The summed E-state index contributed by atoms with van der Waals surface area (Å²) in [7, 11) is 0. The Hall–Kier alpha value is -1.18. The largest absolute Gasteiger partial charge is 0.463 e. The first-order valence-electron chi connectivity index (χ1n) is 7.66. The molecule has 0 unspecified atom stereocenters. The number of ether oxygens (including phenoxy) is 2. The molecule has 22 heavy (non-hydrogen) atoms. The summed E-state index contributed by atoms with van der Waals surface area (Å²) >= 11 is 0. The van der Waals surface area contributed by atoms with Crippen LogP contribution in [0.1, 0.15) is 33.1 Å². The van der Waals surface area contributed by atoms with Gasteiger partial charge >= 0.3 is 11.9 Å². The van der Waals surface area contributed by atoms with Crippen LogP contribution in [0.3, 0.4) is 0 Å². The van der Waals surface area contributed by atoms with Crippen molar-refractivity contribution in [2.45, 2.75) is 56.5 Å². The number of cyclic esters (lactones) is 1. The average Bonchev–Trinajstić information content (AvgIpc) is 2.87. The molecule has 7 nitrogen and oxygen atoms in total. The van der Waals surface area contributed by atoms with Crippen molar-refractivity contribution < 1.29 is 34.4 Å². The summed E-state index contributed by atoms with van der Waals surface area (Å²) in [5, 5.41) is 33.1. The van der Waals surface area contributed by atoms with Gasteiger partial charge in [0, 0.05) is 5.41 Å². The van der Waals surface area contributed by atoms with E-state index < -0.39 is 46.2 Å². The fraction of sp³-hybridized carbons (Fsp3) is 0.867. The highest BCUT2D eigenvalue weighted by atomic mass is 16.6. The maximum Gasteiger partial charge on any atom is 0.342 e. The lowest BCUT2D eigenvalue weighted by molar-refractivity contribution is -0.320. The third-order valence-electron chi connectivity index (χ3n) is 7.10. The highest BCUT2D eigenvalue weighted by molar-refractivity contribution is 5.87. The van der Waals surface area contributed by atoms with Crippen molar-refractivity contribution in [1.29, 1.82) is 0 Å². The maximum atomic E-state index is 12.2. The predicted molar refractivity (Wildman–Crippen MR) is 70.3 cm³/mol. The molecule has 7 heteroatoms. The van der Waals surface area contributed by atoms with Crippen LogP contribution in [-0.4, -0.2) is 57.3 Å². The Labute approximate surface area is 127 Å². The smallest absolute Gasteiger partial charge is 0.342 e. The lowest BCUT2D eigenvalue weighted by Gasteiger charge is -2.64. The molecular weight excluding hydrogens is 292 g/mol. The van der Waals surface area contributed by atoms with E-state index in [9.17, 15) is 24.9 Å². The summed E-state index contributed by atoms with van der Waals surface area (Å²) in [6.07, 6.45) is -1.64. The third kappa shape index (κ3) is 1.07. The van der Waals surface area contributed by atoms with Crippen LogP contribution in [0.25, 0.3) is 0 Å². The molecule has 122 valence electrons. The van der Waals surface area contributed by atoms with Crippen molar-refractivity contribution in [1.82, 2.24) is 0 Å². The summed E-state index contributed by atoms with van der Waals surface area (Å²) in [4.78, 5) is 24.3. The quantitative estimate of drug-likeness (QED) is 0.498. The molecule has 1 spiro atoms. The van der Waals surface area contributed by atoms with Crippen molar-refractivity contribution in [3.8, 4) is 0 Å². The molecule has 2 heterocycles. The molecular formula is C15H20O7. The van der Waals surface area contributed by atoms with Gasteiger partial charge in [0.2, 0.25) is 5.60 Å². The Morgan fingerprint density at radius 1 is 1.27 bits per heavy atom. The van der Waals surface area contributed by atoms with E-state index in [2.05, 4.69) is 0 Å². The third-order valence-corrected chi connectivity index (χ3v) is 7.10. The summed E-state index contributed by atoms with van der Waals surface area (Å²) in [6, 6.07) is 0. The Bertz CT molecular complexity index is 590. The molecule has 2 bridgehead atoms. The molecule has 2 aliphatic carbocycles.